The number of likely N-dealkylation sites (N-methyl/N-ethyl adjacent to an activating group) is 1. The predicted molar refractivity (Wildman–Crippen MR) is 109 cm³/mol. The van der Waals surface area contributed by atoms with Gasteiger partial charge in [0.25, 0.3) is 5.91 Å². The standard InChI is InChI=1S/C22H29N3O2/c1-23(2)19-12-8-9-17(15-19)21(26)25-14-13-22(27,20(16-25)24(3)4)18-10-6-5-7-11-18/h5-12,15,20,27H,13-14,16H2,1-4H3/t20-,22+/m1/s1. The molecule has 1 aliphatic rings. The molecule has 0 aromatic heterocycles. The lowest BCUT2D eigenvalue weighted by atomic mass is 9.79. The molecule has 2 aromatic carbocycles. The van der Waals surface area contributed by atoms with Gasteiger partial charge in [-0.2, -0.15) is 0 Å². The molecular formula is C22H29N3O2. The van der Waals surface area contributed by atoms with E-state index in [9.17, 15) is 9.90 Å². The first-order valence-corrected chi connectivity index (χ1v) is 9.34. The van der Waals surface area contributed by atoms with Crippen LogP contribution in [0.3, 0.4) is 0 Å². The van der Waals surface area contributed by atoms with E-state index >= 15 is 0 Å². The molecular weight excluding hydrogens is 338 g/mol. The Morgan fingerprint density at radius 2 is 1.78 bits per heavy atom. The lowest BCUT2D eigenvalue weighted by Crippen LogP contribution is -2.60. The summed E-state index contributed by atoms with van der Waals surface area (Å²) in [7, 11) is 7.84. The van der Waals surface area contributed by atoms with Crippen molar-refractivity contribution in [3.8, 4) is 0 Å². The summed E-state index contributed by atoms with van der Waals surface area (Å²) in [4.78, 5) is 19.0. The van der Waals surface area contributed by atoms with Crippen LogP contribution in [0.25, 0.3) is 0 Å². The van der Waals surface area contributed by atoms with Crippen LogP contribution in [0.15, 0.2) is 54.6 Å². The fourth-order valence-corrected chi connectivity index (χ4v) is 3.86. The van der Waals surface area contributed by atoms with Gasteiger partial charge in [-0.05, 0) is 44.3 Å². The van der Waals surface area contributed by atoms with Crippen molar-refractivity contribution in [1.29, 1.82) is 0 Å². The van der Waals surface area contributed by atoms with Gasteiger partial charge in [0, 0.05) is 38.4 Å². The van der Waals surface area contributed by atoms with E-state index in [-0.39, 0.29) is 11.9 Å². The summed E-state index contributed by atoms with van der Waals surface area (Å²) < 4.78 is 0. The number of nitrogens with zero attached hydrogens (tertiary/aromatic N) is 3. The number of hydrogen-bond acceptors (Lipinski definition) is 4. The largest absolute Gasteiger partial charge is 0.383 e. The van der Waals surface area contributed by atoms with E-state index in [1.165, 1.54) is 0 Å². The first-order chi connectivity index (χ1) is 12.8. The molecule has 1 N–H and O–H groups in total. The number of likely N-dealkylation sites (tertiary alicyclic amines) is 1. The maximum atomic E-state index is 13.1. The highest BCUT2D eigenvalue weighted by Crippen LogP contribution is 2.35. The number of amides is 1. The Morgan fingerprint density at radius 1 is 1.07 bits per heavy atom. The minimum Gasteiger partial charge on any atom is -0.383 e. The summed E-state index contributed by atoms with van der Waals surface area (Å²) >= 11 is 0. The normalized spacial score (nSPS) is 22.7. The van der Waals surface area contributed by atoms with Gasteiger partial charge in [0.1, 0.15) is 5.60 Å². The molecule has 3 rings (SSSR count). The minimum atomic E-state index is -0.965. The van der Waals surface area contributed by atoms with E-state index in [4.69, 9.17) is 0 Å². The van der Waals surface area contributed by atoms with Gasteiger partial charge >= 0.3 is 0 Å². The van der Waals surface area contributed by atoms with Crippen molar-refractivity contribution in [2.24, 2.45) is 0 Å². The predicted octanol–water partition coefficient (Wildman–Crippen LogP) is 2.42. The van der Waals surface area contributed by atoms with E-state index < -0.39 is 5.60 Å². The molecule has 2 atom stereocenters. The maximum Gasteiger partial charge on any atom is 0.253 e. The molecule has 5 nitrogen and oxygen atoms in total. The monoisotopic (exact) mass is 367 g/mol. The second-order valence-corrected chi connectivity index (χ2v) is 7.72. The van der Waals surface area contributed by atoms with Gasteiger partial charge in [-0.3, -0.25) is 4.79 Å². The zero-order valence-corrected chi connectivity index (χ0v) is 16.6. The topological polar surface area (TPSA) is 47.0 Å². The van der Waals surface area contributed by atoms with E-state index in [0.717, 1.165) is 11.3 Å². The van der Waals surface area contributed by atoms with Crippen molar-refractivity contribution in [3.05, 3.63) is 65.7 Å². The third kappa shape index (κ3) is 3.84. The molecule has 1 amide bonds. The number of piperidine rings is 1. The van der Waals surface area contributed by atoms with E-state index in [1.54, 1.807) is 0 Å². The van der Waals surface area contributed by atoms with Gasteiger partial charge in [-0.1, -0.05) is 36.4 Å². The van der Waals surface area contributed by atoms with Gasteiger partial charge in [0.05, 0.1) is 6.04 Å². The van der Waals surface area contributed by atoms with Crippen LogP contribution in [0.2, 0.25) is 0 Å². The smallest absolute Gasteiger partial charge is 0.253 e. The van der Waals surface area contributed by atoms with Crippen LogP contribution in [0.4, 0.5) is 5.69 Å². The number of anilines is 1. The average molecular weight is 367 g/mol. The highest BCUT2D eigenvalue weighted by Gasteiger charge is 2.45. The van der Waals surface area contributed by atoms with Crippen LogP contribution < -0.4 is 4.90 Å². The third-order valence-corrected chi connectivity index (χ3v) is 5.50. The lowest BCUT2D eigenvalue weighted by Gasteiger charge is -2.47. The number of carbonyl (C=O) groups excluding carboxylic acids is 1. The molecule has 1 fully saturated rings. The van der Waals surface area contributed by atoms with Gasteiger partial charge in [-0.15, -0.1) is 0 Å². The highest BCUT2D eigenvalue weighted by molar-refractivity contribution is 5.95. The fraction of sp³-hybridized carbons (Fsp3) is 0.409. The number of hydrogen-bond donors (Lipinski definition) is 1. The van der Waals surface area contributed by atoms with Crippen molar-refractivity contribution in [2.75, 3.05) is 46.2 Å². The van der Waals surface area contributed by atoms with Gasteiger partial charge in [0.15, 0.2) is 0 Å². The molecule has 27 heavy (non-hydrogen) atoms. The highest BCUT2D eigenvalue weighted by atomic mass is 16.3. The van der Waals surface area contributed by atoms with Crippen molar-refractivity contribution in [2.45, 2.75) is 18.1 Å². The molecule has 0 bridgehead atoms. The molecule has 2 aromatic rings. The molecule has 5 heteroatoms. The summed E-state index contributed by atoms with van der Waals surface area (Å²) in [6.45, 7) is 1.02. The SMILES string of the molecule is CN(C)c1cccc(C(=O)N2CC[C@](O)(c3ccccc3)[C@H](N(C)C)C2)c1. The third-order valence-electron chi connectivity index (χ3n) is 5.50. The summed E-state index contributed by atoms with van der Waals surface area (Å²) in [5.74, 6) is 0.0145. The maximum absolute atomic E-state index is 13.1. The van der Waals surface area contributed by atoms with Crippen LogP contribution in [-0.2, 0) is 5.60 Å². The Bertz CT molecular complexity index is 791. The summed E-state index contributed by atoms with van der Waals surface area (Å²) in [5.41, 5.74) is 1.63. The zero-order valence-electron chi connectivity index (χ0n) is 16.6. The first-order valence-electron chi connectivity index (χ1n) is 9.34. The van der Waals surface area contributed by atoms with Crippen LogP contribution in [0.1, 0.15) is 22.3 Å². The van der Waals surface area contributed by atoms with Gasteiger partial charge < -0.3 is 19.8 Å². The molecule has 0 radical (unpaired) electrons. The van der Waals surface area contributed by atoms with Crippen molar-refractivity contribution < 1.29 is 9.90 Å². The second kappa shape index (κ2) is 7.71. The molecule has 1 aliphatic heterocycles. The Hall–Kier alpha value is -2.37. The molecule has 0 saturated carbocycles. The molecule has 0 unspecified atom stereocenters. The van der Waals surface area contributed by atoms with Crippen molar-refractivity contribution >= 4 is 11.6 Å². The Labute approximate surface area is 161 Å². The van der Waals surface area contributed by atoms with Crippen LogP contribution in [0, 0.1) is 0 Å². The summed E-state index contributed by atoms with van der Waals surface area (Å²) in [6, 6.07) is 17.3. The number of rotatable bonds is 4. The van der Waals surface area contributed by atoms with Crippen molar-refractivity contribution in [3.63, 3.8) is 0 Å². The number of aliphatic hydroxyl groups is 1. The quantitative estimate of drug-likeness (QED) is 0.902. The molecule has 1 saturated heterocycles. The zero-order chi connectivity index (χ0) is 19.6. The minimum absolute atomic E-state index is 0.0145. The van der Waals surface area contributed by atoms with Crippen molar-refractivity contribution in [1.82, 2.24) is 9.80 Å². The van der Waals surface area contributed by atoms with Gasteiger partial charge in [0.2, 0.25) is 0 Å². The van der Waals surface area contributed by atoms with Crippen LogP contribution in [-0.4, -0.2) is 68.1 Å². The fourth-order valence-electron chi connectivity index (χ4n) is 3.86. The first kappa shape index (κ1) is 19.4. The number of benzene rings is 2. The van der Waals surface area contributed by atoms with E-state index in [0.29, 0.717) is 25.1 Å². The lowest BCUT2D eigenvalue weighted by molar-refractivity contribution is -0.0810. The molecule has 1 heterocycles. The van der Waals surface area contributed by atoms with Crippen LogP contribution in [0.5, 0.6) is 0 Å². The number of carbonyl (C=O) groups is 1. The summed E-state index contributed by atoms with van der Waals surface area (Å²) in [5, 5.41) is 11.5. The average Bonchev–Trinajstić information content (AvgIpc) is 2.68. The molecule has 0 spiro atoms. The van der Waals surface area contributed by atoms with E-state index in [2.05, 4.69) is 0 Å². The van der Waals surface area contributed by atoms with E-state index in [1.807, 2.05) is 97.5 Å². The Kier molecular flexibility index (Phi) is 5.53. The summed E-state index contributed by atoms with van der Waals surface area (Å²) in [6.07, 6.45) is 0.513. The second-order valence-electron chi connectivity index (χ2n) is 7.72. The molecule has 0 aliphatic carbocycles. The van der Waals surface area contributed by atoms with Crippen LogP contribution >= 0.6 is 0 Å². The Balaban J connectivity index is 1.85. The van der Waals surface area contributed by atoms with Gasteiger partial charge in [-0.25, -0.2) is 0 Å². The molecule has 144 valence electrons. The Morgan fingerprint density at radius 3 is 2.41 bits per heavy atom.